The highest BCUT2D eigenvalue weighted by Crippen LogP contribution is 2.30. The molecule has 2 saturated heterocycles. The van der Waals surface area contributed by atoms with Crippen LogP contribution in [0.3, 0.4) is 0 Å². The number of nitrogens with one attached hydrogen (secondary N) is 2. The Kier molecular flexibility index (Phi) is 9.86. The summed E-state index contributed by atoms with van der Waals surface area (Å²) >= 11 is 1.18. The van der Waals surface area contributed by atoms with Gasteiger partial charge in [-0.25, -0.2) is 0 Å². The number of carbonyl (C=O) groups is 1. The maximum absolute atomic E-state index is 12.9. The lowest BCUT2D eigenvalue weighted by Crippen LogP contribution is -2.65. The second-order valence-corrected chi connectivity index (χ2v) is 9.28. The molecule has 8 unspecified atom stereocenters. The number of rotatable bonds is 8. The normalized spacial score (nSPS) is 35.7. The van der Waals surface area contributed by atoms with Gasteiger partial charge in [0, 0.05) is 0 Å². The number of alkyl halides is 3. The number of ether oxygens (including phenoxy) is 2. The Morgan fingerprint density at radius 1 is 1.26 bits per heavy atom. The Morgan fingerprint density at radius 3 is 2.52 bits per heavy atom. The van der Waals surface area contributed by atoms with Crippen LogP contribution in [0.5, 0.6) is 0 Å². The first-order chi connectivity index (χ1) is 14.4. The molecule has 1 amide bonds. The van der Waals surface area contributed by atoms with Crippen molar-refractivity contribution in [1.82, 2.24) is 10.6 Å². The first-order valence-electron chi connectivity index (χ1n) is 10.4. The molecule has 182 valence electrons. The highest BCUT2D eigenvalue weighted by Gasteiger charge is 2.47. The van der Waals surface area contributed by atoms with Crippen molar-refractivity contribution in [2.45, 2.75) is 87.3 Å². The van der Waals surface area contributed by atoms with Crippen molar-refractivity contribution in [2.24, 2.45) is 5.92 Å². The van der Waals surface area contributed by atoms with Gasteiger partial charge in [-0.3, -0.25) is 4.79 Å². The molecule has 2 aliphatic rings. The largest absolute Gasteiger partial charge is 0.391 e. The zero-order valence-corrected chi connectivity index (χ0v) is 18.7. The van der Waals surface area contributed by atoms with Gasteiger partial charge in [-0.05, 0) is 31.6 Å². The second kappa shape index (κ2) is 11.5. The number of thioether (sulfide) groups is 1. The number of piperidine rings is 1. The van der Waals surface area contributed by atoms with Crippen molar-refractivity contribution in [3.63, 3.8) is 0 Å². The van der Waals surface area contributed by atoms with Crippen molar-refractivity contribution in [3.05, 3.63) is 0 Å². The quantitative estimate of drug-likeness (QED) is 0.343. The molecule has 2 fully saturated rings. The third kappa shape index (κ3) is 7.44. The summed E-state index contributed by atoms with van der Waals surface area (Å²) in [4.78, 5) is 12.9. The Hall–Kier alpha value is -0.630. The van der Waals surface area contributed by atoms with E-state index in [0.29, 0.717) is 13.0 Å². The molecule has 5 N–H and O–H groups in total. The Morgan fingerprint density at radius 2 is 1.94 bits per heavy atom. The van der Waals surface area contributed by atoms with E-state index in [-0.39, 0.29) is 18.2 Å². The minimum absolute atomic E-state index is 0.170. The maximum atomic E-state index is 12.9. The Labute approximate surface area is 184 Å². The topological polar surface area (TPSA) is 120 Å². The van der Waals surface area contributed by atoms with Crippen LogP contribution in [-0.2, 0) is 14.3 Å². The lowest BCUT2D eigenvalue weighted by molar-refractivity contribution is -0.208. The number of hydrogen-bond acceptors (Lipinski definition) is 8. The fraction of sp³-hybridized carbons (Fsp3) is 0.947. The molecular weight excluding hydrogens is 441 g/mol. The maximum Gasteiger partial charge on any atom is 0.391 e. The van der Waals surface area contributed by atoms with E-state index in [1.54, 1.807) is 6.26 Å². The van der Waals surface area contributed by atoms with Gasteiger partial charge in [0.05, 0.1) is 31.2 Å². The van der Waals surface area contributed by atoms with E-state index < -0.39 is 67.2 Å². The van der Waals surface area contributed by atoms with Gasteiger partial charge >= 0.3 is 6.18 Å². The van der Waals surface area contributed by atoms with E-state index in [9.17, 15) is 33.3 Å². The molecule has 31 heavy (non-hydrogen) atoms. The molecule has 8 atom stereocenters. The summed E-state index contributed by atoms with van der Waals surface area (Å²) in [6, 6.07) is -1.33. The zero-order chi connectivity index (χ0) is 23.3. The average Bonchev–Trinajstić information content (AvgIpc) is 2.70. The number of aliphatic hydroxyl groups excluding tert-OH is 3. The third-order valence-electron chi connectivity index (χ3n) is 5.63. The van der Waals surface area contributed by atoms with Crippen LogP contribution < -0.4 is 10.6 Å². The van der Waals surface area contributed by atoms with Crippen LogP contribution in [-0.4, -0.2) is 94.8 Å². The average molecular weight is 475 g/mol. The summed E-state index contributed by atoms with van der Waals surface area (Å²) in [5, 5.41) is 36.6. The van der Waals surface area contributed by atoms with Crippen molar-refractivity contribution < 1.29 is 42.8 Å². The molecule has 0 aliphatic carbocycles. The van der Waals surface area contributed by atoms with Gasteiger partial charge in [-0.15, -0.1) is 11.8 Å². The van der Waals surface area contributed by atoms with Gasteiger partial charge in [-0.2, -0.15) is 13.2 Å². The van der Waals surface area contributed by atoms with Crippen LogP contribution in [0.2, 0.25) is 0 Å². The van der Waals surface area contributed by atoms with E-state index in [0.717, 1.165) is 0 Å². The summed E-state index contributed by atoms with van der Waals surface area (Å²) in [6.07, 6.45) is -8.41. The lowest BCUT2D eigenvalue weighted by Gasteiger charge is -2.44. The second-order valence-electron chi connectivity index (χ2n) is 8.34. The number of amides is 1. The van der Waals surface area contributed by atoms with Gasteiger partial charge in [-0.1, -0.05) is 13.8 Å². The van der Waals surface area contributed by atoms with E-state index in [1.807, 2.05) is 13.8 Å². The SMILES string of the molecule is CSC1OC(C(NC(=O)C2CC(OCCC(F)(F)F)CCN2)C(C)C)C(O)C(O)C1O. The standard InChI is InChI=1S/C19H33F3N2O6S/c1-9(2)12(16-14(26)13(25)15(27)18(30-16)31-3)24-17(28)11-8-10(4-6-23-11)29-7-5-19(20,21)22/h9-16,18,23,25-27H,4-8H2,1-3H3,(H,24,28). The van der Waals surface area contributed by atoms with Crippen LogP contribution in [0, 0.1) is 5.92 Å². The summed E-state index contributed by atoms with van der Waals surface area (Å²) in [5.74, 6) is -0.559. The molecule has 0 radical (unpaired) electrons. The monoisotopic (exact) mass is 474 g/mol. The van der Waals surface area contributed by atoms with Gasteiger partial charge in [0.2, 0.25) is 5.91 Å². The summed E-state index contributed by atoms with van der Waals surface area (Å²) < 4.78 is 48.1. The summed E-state index contributed by atoms with van der Waals surface area (Å²) in [6.45, 7) is 3.62. The fourth-order valence-electron chi connectivity index (χ4n) is 3.83. The van der Waals surface area contributed by atoms with Crippen LogP contribution >= 0.6 is 11.8 Å². The Bertz CT molecular complexity index is 583. The molecule has 0 saturated carbocycles. The van der Waals surface area contributed by atoms with Crippen molar-refractivity contribution in [2.75, 3.05) is 19.4 Å². The summed E-state index contributed by atoms with van der Waals surface area (Å²) in [7, 11) is 0. The number of carbonyl (C=O) groups excluding carboxylic acids is 1. The van der Waals surface area contributed by atoms with Gasteiger partial charge < -0.3 is 35.4 Å². The fourth-order valence-corrected chi connectivity index (χ4v) is 4.51. The number of halogens is 3. The van der Waals surface area contributed by atoms with E-state index in [4.69, 9.17) is 9.47 Å². The van der Waals surface area contributed by atoms with Gasteiger partial charge in [0.15, 0.2) is 0 Å². The van der Waals surface area contributed by atoms with Crippen LogP contribution in [0.25, 0.3) is 0 Å². The van der Waals surface area contributed by atoms with Crippen molar-refractivity contribution >= 4 is 17.7 Å². The highest BCUT2D eigenvalue weighted by atomic mass is 32.2. The predicted octanol–water partition coefficient (Wildman–Crippen LogP) is 0.387. The van der Waals surface area contributed by atoms with Gasteiger partial charge in [0.1, 0.15) is 29.9 Å². The van der Waals surface area contributed by atoms with E-state index in [1.165, 1.54) is 11.8 Å². The van der Waals surface area contributed by atoms with Crippen LogP contribution in [0.1, 0.15) is 33.1 Å². The molecule has 2 rings (SSSR count). The van der Waals surface area contributed by atoms with E-state index in [2.05, 4.69) is 10.6 Å². The van der Waals surface area contributed by atoms with Crippen LogP contribution in [0.15, 0.2) is 0 Å². The molecule has 2 aliphatic heterocycles. The first kappa shape index (κ1) is 26.6. The molecule has 0 bridgehead atoms. The third-order valence-corrected chi connectivity index (χ3v) is 6.49. The molecule has 0 spiro atoms. The van der Waals surface area contributed by atoms with Crippen LogP contribution in [0.4, 0.5) is 13.2 Å². The zero-order valence-electron chi connectivity index (χ0n) is 17.8. The molecule has 12 heteroatoms. The molecule has 2 heterocycles. The van der Waals surface area contributed by atoms with E-state index >= 15 is 0 Å². The first-order valence-corrected chi connectivity index (χ1v) is 11.7. The minimum atomic E-state index is -4.29. The highest BCUT2D eigenvalue weighted by molar-refractivity contribution is 7.99. The molecule has 8 nitrogen and oxygen atoms in total. The smallest absolute Gasteiger partial charge is 0.388 e. The lowest BCUT2D eigenvalue weighted by atomic mass is 9.88. The van der Waals surface area contributed by atoms with Crippen molar-refractivity contribution in [1.29, 1.82) is 0 Å². The number of hydrogen-bond donors (Lipinski definition) is 5. The minimum Gasteiger partial charge on any atom is -0.388 e. The number of aliphatic hydroxyl groups is 3. The van der Waals surface area contributed by atoms with Gasteiger partial charge in [0.25, 0.3) is 0 Å². The molecule has 0 aromatic heterocycles. The molecular formula is C19H33F3N2O6S. The Balaban J connectivity index is 1.98. The molecule has 0 aromatic rings. The molecule has 0 aromatic carbocycles. The van der Waals surface area contributed by atoms with Crippen molar-refractivity contribution in [3.8, 4) is 0 Å². The predicted molar refractivity (Wildman–Crippen MR) is 108 cm³/mol. The summed E-state index contributed by atoms with van der Waals surface area (Å²) in [5.41, 5.74) is -0.763.